The number of carbonyl (C=O) groups is 3. The van der Waals surface area contributed by atoms with E-state index in [0.717, 1.165) is 19.4 Å². The molecule has 1 heterocycles. The van der Waals surface area contributed by atoms with Gasteiger partial charge in [-0.25, -0.2) is 4.98 Å². The van der Waals surface area contributed by atoms with E-state index in [-0.39, 0.29) is 24.2 Å². The molecule has 1 aromatic heterocycles. The van der Waals surface area contributed by atoms with Crippen LogP contribution in [0.4, 0.5) is 5.69 Å². The van der Waals surface area contributed by atoms with E-state index in [4.69, 9.17) is 4.74 Å². The van der Waals surface area contributed by atoms with Crippen molar-refractivity contribution in [2.45, 2.75) is 39.3 Å². The number of Topliss-reactive ketones (excluding diaryl/α,β-unsaturated/α-hetero) is 1. The molecule has 37 heavy (non-hydrogen) atoms. The second-order valence-electron chi connectivity index (χ2n) is 8.86. The van der Waals surface area contributed by atoms with Crippen molar-refractivity contribution in [2.75, 3.05) is 25.5 Å². The average molecular weight is 506 g/mol. The minimum atomic E-state index is -0.649. The number of carbonyl (C=O) groups excluding carboxylic acids is 3. The van der Waals surface area contributed by atoms with E-state index in [1.165, 1.54) is 0 Å². The first-order chi connectivity index (χ1) is 17.9. The number of hydrogen-bond donors (Lipinski definition) is 3. The molecule has 0 fully saturated rings. The van der Waals surface area contributed by atoms with E-state index < -0.39 is 11.9 Å². The monoisotopic (exact) mass is 505 g/mol. The highest BCUT2D eigenvalue weighted by Crippen LogP contribution is 2.19. The van der Waals surface area contributed by atoms with E-state index in [1.807, 2.05) is 24.6 Å². The number of benzene rings is 2. The fraction of sp³-hybridized carbons (Fsp3) is 0.357. The van der Waals surface area contributed by atoms with Crippen molar-refractivity contribution in [2.24, 2.45) is 5.92 Å². The van der Waals surface area contributed by atoms with Crippen LogP contribution in [0.5, 0.6) is 5.75 Å². The highest BCUT2D eigenvalue weighted by Gasteiger charge is 2.27. The maximum absolute atomic E-state index is 13.2. The number of rotatable bonds is 14. The highest BCUT2D eigenvalue weighted by atomic mass is 16.5. The largest absolute Gasteiger partial charge is 0.497 e. The third kappa shape index (κ3) is 8.01. The van der Waals surface area contributed by atoms with Crippen molar-refractivity contribution in [1.82, 2.24) is 20.2 Å². The van der Waals surface area contributed by atoms with Crippen LogP contribution >= 0.6 is 0 Å². The van der Waals surface area contributed by atoms with Crippen LogP contribution in [0.1, 0.15) is 47.4 Å². The van der Waals surface area contributed by atoms with Gasteiger partial charge in [-0.15, -0.1) is 0 Å². The third-order valence-corrected chi connectivity index (χ3v) is 6.25. The topological polar surface area (TPSA) is 114 Å². The Morgan fingerprint density at radius 3 is 2.49 bits per heavy atom. The van der Waals surface area contributed by atoms with Crippen LogP contribution in [0.2, 0.25) is 0 Å². The fourth-order valence-corrected chi connectivity index (χ4v) is 3.85. The smallest absolute Gasteiger partial charge is 0.255 e. The summed E-state index contributed by atoms with van der Waals surface area (Å²) in [5.41, 5.74) is 1.09. The van der Waals surface area contributed by atoms with Gasteiger partial charge in [0.1, 0.15) is 5.75 Å². The van der Waals surface area contributed by atoms with Gasteiger partial charge >= 0.3 is 0 Å². The van der Waals surface area contributed by atoms with Gasteiger partial charge in [0.25, 0.3) is 11.8 Å². The van der Waals surface area contributed by atoms with Gasteiger partial charge < -0.3 is 25.3 Å². The van der Waals surface area contributed by atoms with Gasteiger partial charge in [0.05, 0.1) is 37.3 Å². The lowest BCUT2D eigenvalue weighted by atomic mass is 9.94. The fourth-order valence-electron chi connectivity index (χ4n) is 3.85. The number of aryl methyl sites for hydroxylation is 1. The molecule has 3 N–H and O–H groups in total. The number of nitrogens with zero attached hydrogens (tertiary/aromatic N) is 2. The summed E-state index contributed by atoms with van der Waals surface area (Å²) in [4.78, 5) is 43.1. The molecule has 2 atom stereocenters. The maximum atomic E-state index is 13.2. The van der Waals surface area contributed by atoms with Gasteiger partial charge in [0.2, 0.25) is 0 Å². The molecule has 0 aliphatic heterocycles. The Bertz CT molecular complexity index is 1160. The first-order valence-electron chi connectivity index (χ1n) is 12.5. The van der Waals surface area contributed by atoms with Gasteiger partial charge in [0, 0.05) is 24.5 Å². The zero-order valence-corrected chi connectivity index (χ0v) is 21.6. The van der Waals surface area contributed by atoms with E-state index in [2.05, 4.69) is 20.9 Å². The van der Waals surface area contributed by atoms with Gasteiger partial charge in [-0.05, 0) is 55.3 Å². The summed E-state index contributed by atoms with van der Waals surface area (Å²) < 4.78 is 7.12. The molecule has 0 radical (unpaired) electrons. The second kappa shape index (κ2) is 13.9. The summed E-state index contributed by atoms with van der Waals surface area (Å²) in [7, 11) is 1.56. The number of ether oxygens (including phenoxy) is 1. The quantitative estimate of drug-likeness (QED) is 0.289. The Morgan fingerprint density at radius 1 is 1.05 bits per heavy atom. The van der Waals surface area contributed by atoms with Crippen LogP contribution in [0.3, 0.4) is 0 Å². The van der Waals surface area contributed by atoms with Crippen LogP contribution in [0, 0.1) is 5.92 Å². The van der Waals surface area contributed by atoms with Crippen molar-refractivity contribution < 1.29 is 19.1 Å². The number of ketones is 1. The number of amides is 2. The molecule has 0 saturated heterocycles. The first kappa shape index (κ1) is 27.6. The van der Waals surface area contributed by atoms with E-state index in [0.29, 0.717) is 29.1 Å². The number of para-hydroxylation sites is 1. The molecule has 0 spiro atoms. The summed E-state index contributed by atoms with van der Waals surface area (Å²) in [6.07, 6.45) is 6.98. The zero-order chi connectivity index (χ0) is 26.6. The lowest BCUT2D eigenvalue weighted by Crippen LogP contribution is -2.48. The number of imidazole rings is 1. The van der Waals surface area contributed by atoms with Crippen molar-refractivity contribution >= 4 is 23.3 Å². The Balaban J connectivity index is 1.61. The van der Waals surface area contributed by atoms with Crippen LogP contribution in [-0.2, 0) is 11.3 Å². The van der Waals surface area contributed by atoms with Gasteiger partial charge in [0.15, 0.2) is 5.78 Å². The molecule has 9 heteroatoms. The highest BCUT2D eigenvalue weighted by molar-refractivity contribution is 6.09. The normalized spacial score (nSPS) is 12.4. The molecule has 0 aliphatic carbocycles. The lowest BCUT2D eigenvalue weighted by molar-refractivity contribution is -0.121. The van der Waals surface area contributed by atoms with Crippen molar-refractivity contribution in [1.29, 1.82) is 0 Å². The molecule has 3 aromatic rings. The molecule has 2 aromatic carbocycles. The Morgan fingerprint density at radius 2 is 1.81 bits per heavy atom. The maximum Gasteiger partial charge on any atom is 0.255 e. The predicted molar refractivity (Wildman–Crippen MR) is 143 cm³/mol. The predicted octanol–water partition coefficient (Wildman–Crippen LogP) is 3.54. The van der Waals surface area contributed by atoms with Crippen LogP contribution < -0.4 is 20.7 Å². The molecule has 9 nitrogen and oxygen atoms in total. The van der Waals surface area contributed by atoms with E-state index in [9.17, 15) is 14.4 Å². The molecule has 3 rings (SSSR count). The minimum Gasteiger partial charge on any atom is -0.497 e. The SMILES string of the molecule is CC[C@H](C)[C@H](NC(=O)c1ccccc1NC(=O)c1ccc(OC)cc1)C(=O)CNCCCn1ccnc1. The number of nitrogens with one attached hydrogen (secondary N) is 3. The standard InChI is InChI=1S/C28H35N5O4/c1-4-20(2)26(25(34)18-29-14-7-16-33-17-15-30-19-33)32-28(36)23-8-5-6-9-24(23)31-27(35)21-10-12-22(37-3)13-11-21/h5-6,8-13,15,17,19-20,26,29H,4,7,14,16,18H2,1-3H3,(H,31,35)(H,32,36)/t20-,26-/m0/s1. The number of anilines is 1. The van der Waals surface area contributed by atoms with Crippen molar-refractivity contribution in [3.05, 3.63) is 78.4 Å². The summed E-state index contributed by atoms with van der Waals surface area (Å²) in [6.45, 7) is 5.57. The van der Waals surface area contributed by atoms with Crippen LogP contribution in [0.25, 0.3) is 0 Å². The average Bonchev–Trinajstić information content (AvgIpc) is 3.44. The van der Waals surface area contributed by atoms with Crippen molar-refractivity contribution in [3.63, 3.8) is 0 Å². The Hall–Kier alpha value is -3.98. The minimum absolute atomic E-state index is 0.0507. The van der Waals surface area contributed by atoms with Gasteiger partial charge in [-0.3, -0.25) is 14.4 Å². The molecule has 0 aliphatic rings. The van der Waals surface area contributed by atoms with Crippen LogP contribution in [0.15, 0.2) is 67.3 Å². The third-order valence-electron chi connectivity index (χ3n) is 6.25. The summed E-state index contributed by atoms with van der Waals surface area (Å²) >= 11 is 0. The lowest BCUT2D eigenvalue weighted by Gasteiger charge is -2.24. The Kier molecular flexibility index (Phi) is 10.4. The number of methoxy groups -OCH3 is 1. The summed E-state index contributed by atoms with van der Waals surface area (Å²) in [5.74, 6) is -0.248. The van der Waals surface area contributed by atoms with Crippen molar-refractivity contribution in [3.8, 4) is 5.75 Å². The molecular formula is C28H35N5O4. The molecule has 0 saturated carbocycles. The van der Waals surface area contributed by atoms with E-state index in [1.54, 1.807) is 68.2 Å². The van der Waals surface area contributed by atoms with Crippen LogP contribution in [-0.4, -0.2) is 53.4 Å². The van der Waals surface area contributed by atoms with Gasteiger partial charge in [-0.2, -0.15) is 0 Å². The second-order valence-corrected chi connectivity index (χ2v) is 8.86. The molecular weight excluding hydrogens is 470 g/mol. The number of aromatic nitrogens is 2. The van der Waals surface area contributed by atoms with E-state index >= 15 is 0 Å². The summed E-state index contributed by atoms with van der Waals surface area (Å²) in [6, 6.07) is 12.8. The number of hydrogen-bond acceptors (Lipinski definition) is 6. The molecule has 0 unspecified atom stereocenters. The summed E-state index contributed by atoms with van der Waals surface area (Å²) in [5, 5.41) is 8.90. The molecule has 0 bridgehead atoms. The Labute approximate surface area is 217 Å². The first-order valence-corrected chi connectivity index (χ1v) is 12.5. The molecule has 2 amide bonds. The zero-order valence-electron chi connectivity index (χ0n) is 21.6. The van der Waals surface area contributed by atoms with Gasteiger partial charge in [-0.1, -0.05) is 32.4 Å². The molecule has 196 valence electrons.